The zero-order valence-electron chi connectivity index (χ0n) is 10.7. The van der Waals surface area contributed by atoms with Gasteiger partial charge in [0.25, 0.3) is 0 Å². The topological polar surface area (TPSA) is 75.6 Å². The van der Waals surface area contributed by atoms with Crippen molar-refractivity contribution in [3.63, 3.8) is 0 Å². The van der Waals surface area contributed by atoms with E-state index in [4.69, 9.17) is 9.84 Å². The molecule has 0 radical (unpaired) electrons. The van der Waals surface area contributed by atoms with Gasteiger partial charge in [-0.3, -0.25) is 9.59 Å². The fraction of sp³-hybridized carbons (Fsp3) is 0.833. The summed E-state index contributed by atoms with van der Waals surface area (Å²) in [7, 11) is 0. The number of carboxylic acid groups (broad SMARTS) is 1. The van der Waals surface area contributed by atoms with Crippen molar-refractivity contribution in [3.8, 4) is 0 Å². The van der Waals surface area contributed by atoms with E-state index in [-0.39, 0.29) is 24.1 Å². The number of hydrogen-bond acceptors (Lipinski definition) is 4. The van der Waals surface area contributed by atoms with Crippen LogP contribution in [-0.2, 0) is 14.3 Å². The molecule has 2 unspecified atom stereocenters. The maximum Gasteiger partial charge on any atom is 0.306 e. The number of thioether (sulfide) groups is 1. The van der Waals surface area contributed by atoms with Crippen molar-refractivity contribution in [2.24, 2.45) is 0 Å². The number of hydrogen-bond donors (Lipinski definition) is 2. The quantitative estimate of drug-likeness (QED) is 0.732. The number of carboxylic acids is 1. The molecule has 1 saturated heterocycles. The number of amides is 1. The van der Waals surface area contributed by atoms with Gasteiger partial charge in [0.1, 0.15) is 0 Å². The summed E-state index contributed by atoms with van der Waals surface area (Å²) < 4.78 is 5.29. The standard InChI is InChI=1S/C12H21NO4S/c1-2-17-9(7-11(14)15)8-13-12(16)10-5-3-4-6-18-10/h9-10H,2-8H2,1H3,(H,13,16)(H,14,15). The predicted octanol–water partition coefficient (Wildman–Crippen LogP) is 1.27. The average molecular weight is 275 g/mol. The number of ether oxygens (including phenoxy) is 1. The molecule has 0 aromatic carbocycles. The molecule has 1 aliphatic heterocycles. The summed E-state index contributed by atoms with van der Waals surface area (Å²) in [4.78, 5) is 22.5. The van der Waals surface area contributed by atoms with E-state index in [0.29, 0.717) is 6.61 Å². The maximum atomic E-state index is 11.9. The van der Waals surface area contributed by atoms with Crippen molar-refractivity contribution >= 4 is 23.6 Å². The van der Waals surface area contributed by atoms with Crippen LogP contribution in [0.2, 0.25) is 0 Å². The molecular formula is C12H21NO4S. The Hall–Kier alpha value is -0.750. The summed E-state index contributed by atoms with van der Waals surface area (Å²) >= 11 is 1.68. The lowest BCUT2D eigenvalue weighted by Crippen LogP contribution is -2.40. The van der Waals surface area contributed by atoms with Crippen molar-refractivity contribution in [3.05, 3.63) is 0 Å². The first-order chi connectivity index (χ1) is 8.63. The van der Waals surface area contributed by atoms with E-state index in [9.17, 15) is 9.59 Å². The van der Waals surface area contributed by atoms with E-state index in [1.54, 1.807) is 11.8 Å². The van der Waals surface area contributed by atoms with Crippen molar-refractivity contribution in [1.82, 2.24) is 5.32 Å². The van der Waals surface area contributed by atoms with E-state index in [2.05, 4.69) is 5.32 Å². The van der Waals surface area contributed by atoms with Crippen LogP contribution in [0.25, 0.3) is 0 Å². The van der Waals surface area contributed by atoms with Gasteiger partial charge in [0.2, 0.25) is 5.91 Å². The maximum absolute atomic E-state index is 11.9. The van der Waals surface area contributed by atoms with E-state index < -0.39 is 12.1 Å². The summed E-state index contributed by atoms with van der Waals surface area (Å²) in [5, 5.41) is 11.5. The van der Waals surface area contributed by atoms with Gasteiger partial charge in [-0.2, -0.15) is 0 Å². The largest absolute Gasteiger partial charge is 0.481 e. The van der Waals surface area contributed by atoms with E-state index in [0.717, 1.165) is 18.6 Å². The molecule has 2 N–H and O–H groups in total. The van der Waals surface area contributed by atoms with E-state index >= 15 is 0 Å². The minimum atomic E-state index is -0.908. The molecule has 6 heteroatoms. The molecule has 1 heterocycles. The minimum Gasteiger partial charge on any atom is -0.481 e. The van der Waals surface area contributed by atoms with Gasteiger partial charge in [-0.05, 0) is 25.5 Å². The van der Waals surface area contributed by atoms with Crippen LogP contribution in [0.3, 0.4) is 0 Å². The molecule has 104 valence electrons. The second-order valence-corrected chi connectivity index (χ2v) is 5.59. The number of rotatable bonds is 7. The Kier molecular flexibility index (Phi) is 7.12. The van der Waals surface area contributed by atoms with Crippen molar-refractivity contribution < 1.29 is 19.4 Å². The first-order valence-electron chi connectivity index (χ1n) is 6.36. The van der Waals surface area contributed by atoms with Gasteiger partial charge in [-0.25, -0.2) is 0 Å². The zero-order valence-corrected chi connectivity index (χ0v) is 11.5. The van der Waals surface area contributed by atoms with Crippen LogP contribution in [0.15, 0.2) is 0 Å². The molecule has 0 aromatic rings. The fourth-order valence-electron chi connectivity index (χ4n) is 1.90. The second-order valence-electron chi connectivity index (χ2n) is 4.28. The number of carbonyl (C=O) groups excluding carboxylic acids is 1. The third-order valence-electron chi connectivity index (χ3n) is 2.78. The van der Waals surface area contributed by atoms with Crippen LogP contribution in [0.5, 0.6) is 0 Å². The van der Waals surface area contributed by atoms with Crippen LogP contribution in [0.1, 0.15) is 32.6 Å². The molecule has 0 spiro atoms. The van der Waals surface area contributed by atoms with Gasteiger partial charge >= 0.3 is 5.97 Å². The molecule has 0 aromatic heterocycles. The second kappa shape index (κ2) is 8.37. The summed E-state index contributed by atoms with van der Waals surface area (Å²) in [6.07, 6.45) is 2.66. The SMILES string of the molecule is CCOC(CNC(=O)C1CCCCS1)CC(=O)O. The predicted molar refractivity (Wildman–Crippen MR) is 70.8 cm³/mol. The summed E-state index contributed by atoms with van der Waals surface area (Å²) in [6, 6.07) is 0. The highest BCUT2D eigenvalue weighted by Crippen LogP contribution is 2.24. The van der Waals surface area contributed by atoms with Gasteiger partial charge in [0.15, 0.2) is 0 Å². The molecule has 5 nitrogen and oxygen atoms in total. The summed E-state index contributed by atoms with van der Waals surface area (Å²) in [5.74, 6) is 0.131. The fourth-order valence-corrected chi connectivity index (χ4v) is 3.12. The Labute approximate surface area is 112 Å². The molecule has 2 atom stereocenters. The minimum absolute atomic E-state index is 0.00907. The molecule has 0 bridgehead atoms. The van der Waals surface area contributed by atoms with Gasteiger partial charge in [0.05, 0.1) is 17.8 Å². The van der Waals surface area contributed by atoms with Crippen molar-refractivity contribution in [1.29, 1.82) is 0 Å². The van der Waals surface area contributed by atoms with Crippen LogP contribution in [-0.4, -0.2) is 47.2 Å². The third-order valence-corrected chi connectivity index (χ3v) is 4.16. The highest BCUT2D eigenvalue weighted by Gasteiger charge is 2.22. The number of nitrogens with one attached hydrogen (secondary N) is 1. The zero-order chi connectivity index (χ0) is 13.4. The Balaban J connectivity index is 2.31. The first-order valence-corrected chi connectivity index (χ1v) is 7.41. The highest BCUT2D eigenvalue weighted by molar-refractivity contribution is 8.00. The first kappa shape index (κ1) is 15.3. The Morgan fingerprint density at radius 3 is 2.83 bits per heavy atom. The molecule has 1 fully saturated rings. The van der Waals surface area contributed by atoms with Gasteiger partial charge < -0.3 is 15.2 Å². The third kappa shape index (κ3) is 5.73. The van der Waals surface area contributed by atoms with Gasteiger partial charge in [-0.1, -0.05) is 6.42 Å². The smallest absolute Gasteiger partial charge is 0.306 e. The van der Waals surface area contributed by atoms with Crippen LogP contribution in [0.4, 0.5) is 0 Å². The molecule has 1 aliphatic rings. The van der Waals surface area contributed by atoms with Crippen LogP contribution < -0.4 is 5.32 Å². The summed E-state index contributed by atoms with van der Waals surface area (Å²) in [6.45, 7) is 2.54. The molecule has 0 saturated carbocycles. The lowest BCUT2D eigenvalue weighted by molar-refractivity contribution is -0.140. The van der Waals surface area contributed by atoms with Crippen molar-refractivity contribution in [2.75, 3.05) is 18.9 Å². The van der Waals surface area contributed by atoms with Crippen molar-refractivity contribution in [2.45, 2.75) is 44.0 Å². The lowest BCUT2D eigenvalue weighted by Gasteiger charge is -2.22. The van der Waals surface area contributed by atoms with E-state index in [1.807, 2.05) is 6.92 Å². The monoisotopic (exact) mass is 275 g/mol. The Morgan fingerprint density at radius 1 is 1.50 bits per heavy atom. The lowest BCUT2D eigenvalue weighted by atomic mass is 10.1. The van der Waals surface area contributed by atoms with Crippen LogP contribution >= 0.6 is 11.8 Å². The number of aliphatic carboxylic acids is 1. The summed E-state index contributed by atoms with van der Waals surface area (Å²) in [5.41, 5.74) is 0. The highest BCUT2D eigenvalue weighted by atomic mass is 32.2. The number of carbonyl (C=O) groups is 2. The van der Waals surface area contributed by atoms with Crippen LogP contribution in [0, 0.1) is 0 Å². The Morgan fingerprint density at radius 2 is 2.28 bits per heavy atom. The average Bonchev–Trinajstić information content (AvgIpc) is 2.36. The Bertz CT molecular complexity index is 279. The molecular weight excluding hydrogens is 254 g/mol. The van der Waals surface area contributed by atoms with E-state index in [1.165, 1.54) is 6.42 Å². The molecule has 18 heavy (non-hydrogen) atoms. The molecule has 1 rings (SSSR count). The van der Waals surface area contributed by atoms with Gasteiger partial charge in [-0.15, -0.1) is 11.8 Å². The van der Waals surface area contributed by atoms with Gasteiger partial charge in [0, 0.05) is 13.2 Å². The normalized spacial score (nSPS) is 21.3. The molecule has 0 aliphatic carbocycles. The molecule has 1 amide bonds.